The van der Waals surface area contributed by atoms with Gasteiger partial charge < -0.3 is 4.74 Å². The third-order valence-electron chi connectivity index (χ3n) is 2.00. The van der Waals surface area contributed by atoms with Crippen LogP contribution >= 0.6 is 0 Å². The SMILES string of the molecule is N#Cc1ccc(Oc2ncccc2F)cc1F. The lowest BCUT2D eigenvalue weighted by Crippen LogP contribution is -1.92. The fourth-order valence-corrected chi connectivity index (χ4v) is 1.21. The molecule has 1 aromatic heterocycles. The minimum Gasteiger partial charge on any atom is -0.436 e. The van der Waals surface area contributed by atoms with E-state index in [-0.39, 0.29) is 17.2 Å². The van der Waals surface area contributed by atoms with Crippen LogP contribution < -0.4 is 4.74 Å². The zero-order chi connectivity index (χ0) is 12.3. The number of pyridine rings is 1. The van der Waals surface area contributed by atoms with Crippen molar-refractivity contribution >= 4 is 0 Å². The van der Waals surface area contributed by atoms with E-state index in [2.05, 4.69) is 4.98 Å². The molecule has 0 atom stereocenters. The second kappa shape index (κ2) is 4.58. The fraction of sp³-hybridized carbons (Fsp3) is 0. The van der Waals surface area contributed by atoms with Gasteiger partial charge in [-0.25, -0.2) is 13.8 Å². The summed E-state index contributed by atoms with van der Waals surface area (Å²) >= 11 is 0. The maximum atomic E-state index is 13.2. The molecule has 0 amide bonds. The largest absolute Gasteiger partial charge is 0.436 e. The maximum absolute atomic E-state index is 13.2. The van der Waals surface area contributed by atoms with Gasteiger partial charge in [0.05, 0.1) is 5.56 Å². The Morgan fingerprint density at radius 2 is 2.00 bits per heavy atom. The van der Waals surface area contributed by atoms with Gasteiger partial charge in [0.1, 0.15) is 17.6 Å². The van der Waals surface area contributed by atoms with Gasteiger partial charge in [-0.2, -0.15) is 5.26 Å². The van der Waals surface area contributed by atoms with Crippen LogP contribution in [0.15, 0.2) is 36.5 Å². The van der Waals surface area contributed by atoms with Crippen molar-refractivity contribution in [2.45, 2.75) is 0 Å². The van der Waals surface area contributed by atoms with E-state index < -0.39 is 11.6 Å². The zero-order valence-electron chi connectivity index (χ0n) is 8.52. The predicted octanol–water partition coefficient (Wildman–Crippen LogP) is 3.02. The Kier molecular flexibility index (Phi) is 2.97. The second-order valence-electron chi connectivity index (χ2n) is 3.15. The molecule has 2 rings (SSSR count). The first-order valence-corrected chi connectivity index (χ1v) is 4.69. The van der Waals surface area contributed by atoms with Crippen molar-refractivity contribution in [2.24, 2.45) is 0 Å². The Bertz CT molecular complexity index is 593. The highest BCUT2D eigenvalue weighted by atomic mass is 19.1. The van der Waals surface area contributed by atoms with Gasteiger partial charge in [0.15, 0.2) is 5.82 Å². The van der Waals surface area contributed by atoms with Gasteiger partial charge in [-0.05, 0) is 24.3 Å². The van der Waals surface area contributed by atoms with Gasteiger partial charge in [-0.1, -0.05) is 0 Å². The number of ether oxygens (including phenoxy) is 1. The standard InChI is InChI=1S/C12H6F2N2O/c13-10-2-1-5-16-12(10)17-9-4-3-8(7-15)11(14)6-9/h1-6H. The van der Waals surface area contributed by atoms with Crippen molar-refractivity contribution in [1.82, 2.24) is 4.98 Å². The molecule has 84 valence electrons. The fourth-order valence-electron chi connectivity index (χ4n) is 1.21. The lowest BCUT2D eigenvalue weighted by atomic mass is 10.2. The van der Waals surface area contributed by atoms with Crippen molar-refractivity contribution in [3.05, 3.63) is 53.7 Å². The van der Waals surface area contributed by atoms with Crippen molar-refractivity contribution in [2.75, 3.05) is 0 Å². The number of hydrogen-bond acceptors (Lipinski definition) is 3. The predicted molar refractivity (Wildman–Crippen MR) is 55.4 cm³/mol. The Hall–Kier alpha value is -2.48. The van der Waals surface area contributed by atoms with Crippen LogP contribution in [0.1, 0.15) is 5.56 Å². The molecule has 17 heavy (non-hydrogen) atoms. The molecule has 3 nitrogen and oxygen atoms in total. The summed E-state index contributed by atoms with van der Waals surface area (Å²) in [6, 6.07) is 7.91. The van der Waals surface area contributed by atoms with Crippen LogP contribution in [0, 0.1) is 23.0 Å². The first-order valence-electron chi connectivity index (χ1n) is 4.69. The summed E-state index contributed by atoms with van der Waals surface area (Å²) < 4.78 is 31.5. The Morgan fingerprint density at radius 3 is 2.65 bits per heavy atom. The van der Waals surface area contributed by atoms with Crippen LogP contribution in [0.2, 0.25) is 0 Å². The molecule has 0 unspecified atom stereocenters. The Morgan fingerprint density at radius 1 is 1.18 bits per heavy atom. The van der Waals surface area contributed by atoms with Crippen LogP contribution in [0.4, 0.5) is 8.78 Å². The average Bonchev–Trinajstić information content (AvgIpc) is 2.32. The zero-order valence-corrected chi connectivity index (χ0v) is 8.52. The molecule has 0 aliphatic heterocycles. The van der Waals surface area contributed by atoms with Gasteiger partial charge >= 0.3 is 0 Å². The highest BCUT2D eigenvalue weighted by Crippen LogP contribution is 2.23. The number of halogens is 2. The Labute approximate surface area is 95.9 Å². The van der Waals surface area contributed by atoms with Gasteiger partial charge in [0, 0.05) is 12.3 Å². The summed E-state index contributed by atoms with van der Waals surface area (Å²) in [7, 11) is 0. The smallest absolute Gasteiger partial charge is 0.255 e. The van der Waals surface area contributed by atoms with E-state index in [0.717, 1.165) is 6.07 Å². The van der Waals surface area contributed by atoms with E-state index in [4.69, 9.17) is 10.00 Å². The summed E-state index contributed by atoms with van der Waals surface area (Å²) in [6.45, 7) is 0. The quantitative estimate of drug-likeness (QED) is 0.799. The average molecular weight is 232 g/mol. The molecule has 1 aromatic carbocycles. The van der Waals surface area contributed by atoms with Crippen LogP contribution in [-0.2, 0) is 0 Å². The van der Waals surface area contributed by atoms with E-state index in [1.165, 1.54) is 30.5 Å². The maximum Gasteiger partial charge on any atom is 0.255 e. The molecule has 2 aromatic rings. The molecule has 0 aliphatic carbocycles. The highest BCUT2D eigenvalue weighted by Gasteiger charge is 2.08. The molecular formula is C12H6F2N2O. The molecular weight excluding hydrogens is 226 g/mol. The minimum absolute atomic E-state index is 0.0825. The molecule has 0 bridgehead atoms. The molecule has 0 saturated carbocycles. The Balaban J connectivity index is 2.29. The lowest BCUT2D eigenvalue weighted by Gasteiger charge is -2.05. The summed E-state index contributed by atoms with van der Waals surface area (Å²) in [5.41, 5.74) is -0.0983. The van der Waals surface area contributed by atoms with E-state index >= 15 is 0 Å². The summed E-state index contributed by atoms with van der Waals surface area (Å²) in [6.07, 6.45) is 1.36. The molecule has 1 heterocycles. The van der Waals surface area contributed by atoms with Gasteiger partial charge in [0.25, 0.3) is 5.88 Å². The van der Waals surface area contributed by atoms with Crippen molar-refractivity contribution < 1.29 is 13.5 Å². The number of aromatic nitrogens is 1. The molecule has 0 fully saturated rings. The number of nitrogens with zero attached hydrogens (tertiary/aromatic N) is 2. The third-order valence-corrected chi connectivity index (χ3v) is 2.00. The molecule has 0 N–H and O–H groups in total. The second-order valence-corrected chi connectivity index (χ2v) is 3.15. The first kappa shape index (κ1) is 11.0. The topological polar surface area (TPSA) is 45.9 Å². The molecule has 0 radical (unpaired) electrons. The molecule has 0 aliphatic rings. The van der Waals surface area contributed by atoms with Crippen LogP contribution in [0.5, 0.6) is 11.6 Å². The normalized spacial score (nSPS) is 9.71. The van der Waals surface area contributed by atoms with Crippen LogP contribution in [-0.4, -0.2) is 4.98 Å². The van der Waals surface area contributed by atoms with Gasteiger partial charge in [0.2, 0.25) is 0 Å². The van der Waals surface area contributed by atoms with E-state index in [0.29, 0.717) is 0 Å². The number of hydrogen-bond donors (Lipinski definition) is 0. The third kappa shape index (κ3) is 2.37. The van der Waals surface area contributed by atoms with Crippen molar-refractivity contribution in [3.8, 4) is 17.7 Å². The van der Waals surface area contributed by atoms with Crippen LogP contribution in [0.25, 0.3) is 0 Å². The van der Waals surface area contributed by atoms with Crippen molar-refractivity contribution in [1.29, 1.82) is 5.26 Å². The number of nitriles is 1. The van der Waals surface area contributed by atoms with Gasteiger partial charge in [-0.15, -0.1) is 0 Å². The van der Waals surface area contributed by atoms with E-state index in [9.17, 15) is 8.78 Å². The van der Waals surface area contributed by atoms with E-state index in [1.54, 1.807) is 6.07 Å². The van der Waals surface area contributed by atoms with Crippen molar-refractivity contribution in [3.63, 3.8) is 0 Å². The number of rotatable bonds is 2. The van der Waals surface area contributed by atoms with Gasteiger partial charge in [-0.3, -0.25) is 0 Å². The number of benzene rings is 1. The van der Waals surface area contributed by atoms with E-state index in [1.807, 2.05) is 0 Å². The van der Waals surface area contributed by atoms with Crippen LogP contribution in [0.3, 0.4) is 0 Å². The summed E-state index contributed by atoms with van der Waals surface area (Å²) in [4.78, 5) is 3.66. The first-order chi connectivity index (χ1) is 8.20. The molecule has 0 spiro atoms. The monoisotopic (exact) mass is 232 g/mol. The lowest BCUT2D eigenvalue weighted by molar-refractivity contribution is 0.419. The molecule has 5 heteroatoms. The highest BCUT2D eigenvalue weighted by molar-refractivity contribution is 5.37. The minimum atomic E-state index is -0.721. The summed E-state index contributed by atoms with van der Waals surface area (Å²) in [5, 5.41) is 8.54. The molecule has 0 saturated heterocycles. The summed E-state index contributed by atoms with van der Waals surface area (Å²) in [5.74, 6) is -1.52.